The summed E-state index contributed by atoms with van der Waals surface area (Å²) < 4.78 is 18.9. The van der Waals surface area contributed by atoms with E-state index in [-0.39, 0.29) is 41.7 Å². The summed E-state index contributed by atoms with van der Waals surface area (Å²) in [5.41, 5.74) is -0.214. The molecule has 0 radical (unpaired) electrons. The molecule has 3 rings (SSSR count). The normalized spacial score (nSPS) is 16.3. The van der Waals surface area contributed by atoms with Gasteiger partial charge in [0, 0.05) is 13.0 Å². The number of hydrogen-bond donors (Lipinski definition) is 1. The molecule has 1 unspecified atom stereocenters. The third kappa shape index (κ3) is 3.71. The number of benzene rings is 2. The van der Waals surface area contributed by atoms with Gasteiger partial charge in [0.25, 0.3) is 5.69 Å². The number of rotatable bonds is 5. The molecule has 1 aliphatic rings. The van der Waals surface area contributed by atoms with Crippen molar-refractivity contribution in [2.45, 2.75) is 6.42 Å². The number of nitro benzene ring substituents is 1. The Bertz CT molecular complexity index is 918. The van der Waals surface area contributed by atoms with Gasteiger partial charge in [-0.2, -0.15) is 0 Å². The van der Waals surface area contributed by atoms with Crippen molar-refractivity contribution in [3.8, 4) is 5.75 Å². The number of carbonyl (C=O) groups is 2. The van der Waals surface area contributed by atoms with E-state index >= 15 is 0 Å². The van der Waals surface area contributed by atoms with Gasteiger partial charge in [-0.3, -0.25) is 19.7 Å². The molecule has 1 fully saturated rings. The fourth-order valence-electron chi connectivity index (χ4n) is 2.92. The van der Waals surface area contributed by atoms with E-state index in [4.69, 9.17) is 4.74 Å². The fourth-order valence-corrected chi connectivity index (χ4v) is 2.92. The van der Waals surface area contributed by atoms with Crippen LogP contribution in [0.25, 0.3) is 0 Å². The van der Waals surface area contributed by atoms with E-state index in [1.807, 2.05) is 0 Å². The van der Waals surface area contributed by atoms with Gasteiger partial charge in [-0.15, -0.1) is 0 Å². The first kappa shape index (κ1) is 18.3. The molecule has 0 aliphatic carbocycles. The Balaban J connectivity index is 1.77. The second-order valence-corrected chi connectivity index (χ2v) is 5.99. The minimum Gasteiger partial charge on any atom is -0.496 e. The van der Waals surface area contributed by atoms with Crippen LogP contribution in [0.2, 0.25) is 0 Å². The lowest BCUT2D eigenvalue weighted by atomic mass is 10.1. The highest BCUT2D eigenvalue weighted by Gasteiger charge is 2.36. The molecular weight excluding hydrogens is 357 g/mol. The first-order chi connectivity index (χ1) is 12.9. The SMILES string of the molecule is COc1ccc(NC(=O)C2CC(=O)N(c3ccccc3F)C2)c([N+](=O)[O-])c1. The number of methoxy groups -OCH3 is 1. The molecule has 1 aliphatic heterocycles. The van der Waals surface area contributed by atoms with E-state index in [0.29, 0.717) is 0 Å². The van der Waals surface area contributed by atoms with E-state index < -0.39 is 22.6 Å². The average molecular weight is 373 g/mol. The van der Waals surface area contributed by atoms with Crippen LogP contribution in [0.4, 0.5) is 21.5 Å². The number of nitrogens with zero attached hydrogens (tertiary/aromatic N) is 2. The first-order valence-corrected chi connectivity index (χ1v) is 8.09. The summed E-state index contributed by atoms with van der Waals surface area (Å²) in [6.07, 6.45) is -0.107. The van der Waals surface area contributed by atoms with Gasteiger partial charge >= 0.3 is 0 Å². The molecule has 0 aromatic heterocycles. The van der Waals surface area contributed by atoms with Gasteiger partial charge in [-0.05, 0) is 24.3 Å². The van der Waals surface area contributed by atoms with Crippen molar-refractivity contribution in [2.75, 3.05) is 23.9 Å². The molecule has 1 heterocycles. The molecule has 27 heavy (non-hydrogen) atoms. The van der Waals surface area contributed by atoms with Gasteiger partial charge in [-0.1, -0.05) is 12.1 Å². The first-order valence-electron chi connectivity index (χ1n) is 8.09. The van der Waals surface area contributed by atoms with Crippen molar-refractivity contribution in [2.24, 2.45) is 5.92 Å². The minimum atomic E-state index is -0.751. The Morgan fingerprint density at radius 1 is 1.33 bits per heavy atom. The molecule has 1 N–H and O–H groups in total. The van der Waals surface area contributed by atoms with Crippen LogP contribution in [0.15, 0.2) is 42.5 Å². The number of nitro groups is 1. The molecule has 140 valence electrons. The van der Waals surface area contributed by atoms with E-state index in [2.05, 4.69) is 5.32 Å². The number of carbonyl (C=O) groups excluding carboxylic acids is 2. The predicted molar refractivity (Wildman–Crippen MR) is 95.1 cm³/mol. The Morgan fingerprint density at radius 3 is 2.74 bits per heavy atom. The fraction of sp³-hybridized carbons (Fsp3) is 0.222. The van der Waals surface area contributed by atoms with Crippen molar-refractivity contribution in [1.82, 2.24) is 0 Å². The zero-order valence-corrected chi connectivity index (χ0v) is 14.3. The summed E-state index contributed by atoms with van der Waals surface area (Å²) in [6, 6.07) is 9.83. The van der Waals surface area contributed by atoms with Gasteiger partial charge in [0.2, 0.25) is 11.8 Å². The molecule has 1 atom stereocenters. The molecule has 2 amide bonds. The highest BCUT2D eigenvalue weighted by molar-refractivity contribution is 6.04. The molecule has 0 saturated carbocycles. The molecular formula is C18H16FN3O5. The van der Waals surface area contributed by atoms with Crippen molar-refractivity contribution < 1.29 is 23.6 Å². The Morgan fingerprint density at radius 2 is 2.07 bits per heavy atom. The summed E-state index contributed by atoms with van der Waals surface area (Å²) in [7, 11) is 1.37. The zero-order chi connectivity index (χ0) is 19.6. The second kappa shape index (κ2) is 7.40. The number of nitrogens with one attached hydrogen (secondary N) is 1. The van der Waals surface area contributed by atoms with Crippen LogP contribution in [-0.4, -0.2) is 30.4 Å². The van der Waals surface area contributed by atoms with Crippen LogP contribution in [0, 0.1) is 21.8 Å². The lowest BCUT2D eigenvalue weighted by Crippen LogP contribution is -2.28. The van der Waals surface area contributed by atoms with Gasteiger partial charge in [0.05, 0.1) is 29.7 Å². The molecule has 2 aromatic rings. The van der Waals surface area contributed by atoms with Crippen molar-refractivity contribution >= 4 is 28.9 Å². The van der Waals surface area contributed by atoms with E-state index in [1.165, 1.54) is 48.4 Å². The number of anilines is 2. The van der Waals surface area contributed by atoms with Crippen LogP contribution < -0.4 is 15.0 Å². The lowest BCUT2D eigenvalue weighted by Gasteiger charge is -2.17. The Labute approximate surface area is 153 Å². The molecule has 2 aromatic carbocycles. The van der Waals surface area contributed by atoms with Gasteiger partial charge in [0.1, 0.15) is 17.3 Å². The summed E-state index contributed by atoms with van der Waals surface area (Å²) in [4.78, 5) is 36.5. The second-order valence-electron chi connectivity index (χ2n) is 5.99. The molecule has 0 spiro atoms. The van der Waals surface area contributed by atoms with Gasteiger partial charge < -0.3 is 15.0 Å². The Hall–Kier alpha value is -3.49. The van der Waals surface area contributed by atoms with Crippen LogP contribution in [0.1, 0.15) is 6.42 Å². The monoisotopic (exact) mass is 373 g/mol. The van der Waals surface area contributed by atoms with Crippen molar-refractivity contribution in [1.29, 1.82) is 0 Å². The summed E-state index contributed by atoms with van der Waals surface area (Å²) >= 11 is 0. The summed E-state index contributed by atoms with van der Waals surface area (Å²) in [5.74, 6) is -1.96. The standard InChI is InChI=1S/C18H16FN3O5/c1-27-12-6-7-14(16(9-12)22(25)26)20-18(24)11-8-17(23)21(10-11)15-5-3-2-4-13(15)19/h2-7,9,11H,8,10H2,1H3,(H,20,24). The minimum absolute atomic E-state index is 0.00240. The quantitative estimate of drug-likeness (QED) is 0.641. The maximum absolute atomic E-state index is 13.9. The van der Waals surface area contributed by atoms with Crippen LogP contribution >= 0.6 is 0 Å². The molecule has 9 heteroatoms. The smallest absolute Gasteiger partial charge is 0.296 e. The Kier molecular flexibility index (Phi) is 5.02. The largest absolute Gasteiger partial charge is 0.496 e. The van der Waals surface area contributed by atoms with Gasteiger partial charge in [-0.25, -0.2) is 4.39 Å². The number of amides is 2. The number of para-hydroxylation sites is 1. The van der Waals surface area contributed by atoms with E-state index in [9.17, 15) is 24.1 Å². The maximum Gasteiger partial charge on any atom is 0.296 e. The molecule has 8 nitrogen and oxygen atoms in total. The van der Waals surface area contributed by atoms with Crippen LogP contribution in [-0.2, 0) is 9.59 Å². The molecule has 0 bridgehead atoms. The highest BCUT2D eigenvalue weighted by Crippen LogP contribution is 2.31. The number of halogens is 1. The third-order valence-corrected chi connectivity index (χ3v) is 4.30. The van der Waals surface area contributed by atoms with Gasteiger partial charge in [0.15, 0.2) is 0 Å². The topological polar surface area (TPSA) is 102 Å². The molecule has 1 saturated heterocycles. The van der Waals surface area contributed by atoms with E-state index in [1.54, 1.807) is 6.07 Å². The van der Waals surface area contributed by atoms with Crippen molar-refractivity contribution in [3.05, 3.63) is 58.4 Å². The maximum atomic E-state index is 13.9. The zero-order valence-electron chi connectivity index (χ0n) is 14.3. The summed E-state index contributed by atoms with van der Waals surface area (Å²) in [5, 5.41) is 13.7. The van der Waals surface area contributed by atoms with Crippen molar-refractivity contribution in [3.63, 3.8) is 0 Å². The number of hydrogen-bond acceptors (Lipinski definition) is 5. The number of ether oxygens (including phenoxy) is 1. The highest BCUT2D eigenvalue weighted by atomic mass is 19.1. The third-order valence-electron chi connectivity index (χ3n) is 4.30. The van der Waals surface area contributed by atoms with E-state index in [0.717, 1.165) is 0 Å². The van der Waals surface area contributed by atoms with Crippen LogP contribution in [0.3, 0.4) is 0 Å². The predicted octanol–water partition coefficient (Wildman–Crippen LogP) is 2.73. The average Bonchev–Trinajstić information content (AvgIpc) is 3.04. The van der Waals surface area contributed by atoms with Crippen LogP contribution in [0.5, 0.6) is 5.75 Å². The lowest BCUT2D eigenvalue weighted by molar-refractivity contribution is -0.384. The summed E-state index contributed by atoms with van der Waals surface area (Å²) in [6.45, 7) is -0.00441.